The highest BCUT2D eigenvalue weighted by Gasteiger charge is 2.75. The van der Waals surface area contributed by atoms with Crippen molar-refractivity contribution in [2.24, 2.45) is 28.6 Å². The standard InChI is InChI=1S/C27H40ClO8P/c1-6-35-37(33,36-7-2)16-34-27(23(32)15-29)17(3)12-21-20-9-8-18-13-19(30)10-11-24(18,4)26(20,28)22(31)14-25(21,27)5/h10-11,13,17,20-22,29,31H,6-9,12,14-16H2,1-5H3/t17-,20-,21-,22-,24-,25-,26-,27-/m0/s1. The Labute approximate surface area is 224 Å². The van der Waals surface area contributed by atoms with Crippen LogP contribution in [0.5, 0.6) is 0 Å². The SMILES string of the molecule is CCOP(=O)(CO[C@]1(C(=O)CO)[C@@H](C)C[C@H]2[C@@H]3CCC4=CC(=O)C=C[C@]4(C)[C@@]3(Cl)[C@@H](O)C[C@@]21C)OCC. The monoisotopic (exact) mass is 558 g/mol. The minimum Gasteiger partial charge on any atom is -0.391 e. The molecule has 0 saturated heterocycles. The van der Waals surface area contributed by atoms with Gasteiger partial charge in [0.2, 0.25) is 0 Å². The number of alkyl halides is 1. The third kappa shape index (κ3) is 4.01. The van der Waals surface area contributed by atoms with Gasteiger partial charge in [-0.05, 0) is 69.4 Å². The van der Waals surface area contributed by atoms with Gasteiger partial charge in [-0.25, -0.2) is 0 Å². The molecule has 3 saturated carbocycles. The first-order valence-corrected chi connectivity index (χ1v) is 15.4. The van der Waals surface area contributed by atoms with Gasteiger partial charge >= 0.3 is 7.60 Å². The smallest absolute Gasteiger partial charge is 0.356 e. The van der Waals surface area contributed by atoms with Crippen LogP contribution >= 0.6 is 19.2 Å². The van der Waals surface area contributed by atoms with Crippen molar-refractivity contribution in [2.75, 3.05) is 26.2 Å². The van der Waals surface area contributed by atoms with Crippen molar-refractivity contribution in [1.82, 2.24) is 0 Å². The van der Waals surface area contributed by atoms with Gasteiger partial charge in [0.05, 0.1) is 24.2 Å². The maximum atomic E-state index is 13.6. The summed E-state index contributed by atoms with van der Waals surface area (Å²) < 4.78 is 30.5. The number of aliphatic hydroxyl groups excluding tert-OH is 2. The zero-order chi connectivity index (χ0) is 27.4. The Hall–Kier alpha value is -0.860. The van der Waals surface area contributed by atoms with Crippen molar-refractivity contribution >= 4 is 30.8 Å². The van der Waals surface area contributed by atoms with Crippen LogP contribution in [0.2, 0.25) is 0 Å². The van der Waals surface area contributed by atoms with Crippen LogP contribution in [0.3, 0.4) is 0 Å². The fourth-order valence-corrected chi connectivity index (χ4v) is 10.2. The van der Waals surface area contributed by atoms with Gasteiger partial charge in [-0.1, -0.05) is 32.4 Å². The molecule has 3 fully saturated rings. The predicted octanol–water partition coefficient (Wildman–Crippen LogP) is 4.41. The number of carbonyl (C=O) groups is 2. The molecular weight excluding hydrogens is 519 g/mol. The average Bonchev–Trinajstić information content (AvgIpc) is 3.05. The lowest BCUT2D eigenvalue weighted by Crippen LogP contribution is -2.69. The highest BCUT2D eigenvalue weighted by molar-refractivity contribution is 7.53. The van der Waals surface area contributed by atoms with Crippen molar-refractivity contribution in [1.29, 1.82) is 0 Å². The molecule has 10 heteroatoms. The van der Waals surface area contributed by atoms with Gasteiger partial charge in [-0.15, -0.1) is 11.6 Å². The molecule has 0 heterocycles. The number of allylic oxidation sites excluding steroid dienone is 4. The maximum absolute atomic E-state index is 13.6. The Kier molecular flexibility index (Phi) is 7.84. The third-order valence-corrected chi connectivity index (χ3v) is 12.5. The van der Waals surface area contributed by atoms with E-state index >= 15 is 0 Å². The fraction of sp³-hybridized carbons (Fsp3) is 0.778. The second-order valence-electron chi connectivity index (χ2n) is 11.4. The summed E-state index contributed by atoms with van der Waals surface area (Å²) in [7, 11) is -3.66. The van der Waals surface area contributed by atoms with Gasteiger partial charge in [-0.3, -0.25) is 14.2 Å². The van der Waals surface area contributed by atoms with Crippen LogP contribution in [-0.2, 0) is 27.9 Å². The highest BCUT2D eigenvalue weighted by atomic mass is 35.5. The predicted molar refractivity (Wildman–Crippen MR) is 139 cm³/mol. The Morgan fingerprint density at radius 3 is 2.46 bits per heavy atom. The molecule has 4 rings (SSSR count). The molecule has 0 radical (unpaired) electrons. The lowest BCUT2D eigenvalue weighted by atomic mass is 9.45. The second kappa shape index (κ2) is 9.96. The van der Waals surface area contributed by atoms with Crippen LogP contribution < -0.4 is 0 Å². The van der Waals surface area contributed by atoms with Gasteiger partial charge in [0, 0.05) is 10.8 Å². The summed E-state index contributed by atoms with van der Waals surface area (Å²) >= 11 is 7.49. The van der Waals surface area contributed by atoms with E-state index in [1.165, 1.54) is 6.08 Å². The quantitative estimate of drug-likeness (QED) is 0.315. The lowest BCUT2D eigenvalue weighted by Gasteiger charge is -2.64. The van der Waals surface area contributed by atoms with Crippen LogP contribution in [0, 0.1) is 28.6 Å². The zero-order valence-corrected chi connectivity index (χ0v) is 24.0. The van der Waals surface area contributed by atoms with E-state index in [9.17, 15) is 24.4 Å². The second-order valence-corrected chi connectivity index (χ2v) is 14.1. The summed E-state index contributed by atoms with van der Waals surface area (Å²) in [5.74, 6) is -1.25. The Morgan fingerprint density at radius 1 is 1.22 bits per heavy atom. The van der Waals surface area contributed by atoms with E-state index in [0.717, 1.165) is 5.57 Å². The van der Waals surface area contributed by atoms with Gasteiger partial charge in [0.15, 0.2) is 11.6 Å². The number of rotatable bonds is 9. The maximum Gasteiger partial charge on any atom is 0.356 e. The number of ketones is 2. The molecule has 0 aromatic rings. The number of ether oxygens (including phenoxy) is 1. The average molecular weight is 559 g/mol. The van der Waals surface area contributed by atoms with E-state index in [0.29, 0.717) is 19.3 Å². The number of hydrogen-bond acceptors (Lipinski definition) is 8. The minimum atomic E-state index is -3.66. The molecule has 37 heavy (non-hydrogen) atoms. The van der Waals surface area contributed by atoms with E-state index in [1.807, 2.05) is 26.8 Å². The molecule has 0 bridgehead atoms. The summed E-state index contributed by atoms with van der Waals surface area (Å²) in [5, 5.41) is 21.9. The number of halogens is 1. The molecule has 4 aliphatic rings. The highest BCUT2D eigenvalue weighted by Crippen LogP contribution is 2.72. The first-order chi connectivity index (χ1) is 17.3. The third-order valence-electron chi connectivity index (χ3n) is 9.84. The number of carbonyl (C=O) groups excluding carboxylic acids is 2. The summed E-state index contributed by atoms with van der Waals surface area (Å²) in [6.45, 7) is 8.76. The Balaban J connectivity index is 1.78. The van der Waals surface area contributed by atoms with Crippen molar-refractivity contribution in [3.05, 3.63) is 23.8 Å². The fourth-order valence-electron chi connectivity index (χ4n) is 8.32. The minimum absolute atomic E-state index is 0.0789. The van der Waals surface area contributed by atoms with E-state index in [4.69, 9.17) is 25.4 Å². The molecule has 2 N–H and O–H groups in total. The van der Waals surface area contributed by atoms with E-state index in [1.54, 1.807) is 19.9 Å². The molecule has 0 aromatic carbocycles. The summed E-state index contributed by atoms with van der Waals surface area (Å²) in [6, 6.07) is 0. The number of Topliss-reactive ketones (excluding diaryl/α,β-unsaturated/α-hetero) is 1. The van der Waals surface area contributed by atoms with E-state index in [2.05, 4.69) is 0 Å². The van der Waals surface area contributed by atoms with Crippen LogP contribution in [0.15, 0.2) is 23.8 Å². The Morgan fingerprint density at radius 2 is 1.86 bits per heavy atom. The normalized spacial score (nSPS) is 43.1. The molecule has 0 aliphatic heterocycles. The van der Waals surface area contributed by atoms with Crippen molar-refractivity contribution in [2.45, 2.75) is 76.9 Å². The summed E-state index contributed by atoms with van der Waals surface area (Å²) in [5.41, 5.74) is -2.21. The number of fused-ring (bicyclic) bond motifs is 5. The van der Waals surface area contributed by atoms with Crippen LogP contribution in [0.25, 0.3) is 0 Å². The van der Waals surface area contributed by atoms with Crippen LogP contribution in [0.4, 0.5) is 0 Å². The van der Waals surface area contributed by atoms with Gasteiger partial charge < -0.3 is 24.0 Å². The Bertz CT molecular complexity index is 1050. The van der Waals surface area contributed by atoms with Crippen molar-refractivity contribution in [3.8, 4) is 0 Å². The molecule has 0 aromatic heterocycles. The topological polar surface area (TPSA) is 119 Å². The van der Waals surface area contributed by atoms with Crippen molar-refractivity contribution in [3.63, 3.8) is 0 Å². The molecule has 8 atom stereocenters. The van der Waals surface area contributed by atoms with Crippen LogP contribution in [-0.4, -0.2) is 64.5 Å². The van der Waals surface area contributed by atoms with E-state index in [-0.39, 0.29) is 43.2 Å². The first-order valence-electron chi connectivity index (χ1n) is 13.3. The number of hydrogen-bond donors (Lipinski definition) is 2. The van der Waals surface area contributed by atoms with Gasteiger partial charge in [0.25, 0.3) is 0 Å². The largest absolute Gasteiger partial charge is 0.391 e. The molecular formula is C27H40ClO8P. The molecule has 4 aliphatic carbocycles. The summed E-state index contributed by atoms with van der Waals surface area (Å²) in [4.78, 5) is 24.6. The van der Waals surface area contributed by atoms with Gasteiger partial charge in [0.1, 0.15) is 18.6 Å². The first kappa shape index (κ1) is 29.1. The molecule has 0 amide bonds. The molecule has 0 unspecified atom stereocenters. The molecule has 8 nitrogen and oxygen atoms in total. The summed E-state index contributed by atoms with van der Waals surface area (Å²) in [6.07, 6.45) is 5.56. The van der Waals surface area contributed by atoms with Crippen molar-refractivity contribution < 1.29 is 38.2 Å². The molecule has 208 valence electrons. The van der Waals surface area contributed by atoms with Crippen LogP contribution in [0.1, 0.15) is 60.3 Å². The zero-order valence-electron chi connectivity index (χ0n) is 22.4. The number of aliphatic hydroxyl groups is 2. The van der Waals surface area contributed by atoms with E-state index < -0.39 is 53.7 Å². The lowest BCUT2D eigenvalue weighted by molar-refractivity contribution is -0.192. The van der Waals surface area contributed by atoms with Gasteiger partial charge in [-0.2, -0.15) is 0 Å². The molecule has 0 spiro atoms.